The van der Waals surface area contributed by atoms with Crippen LogP contribution in [0.5, 0.6) is 0 Å². The topological polar surface area (TPSA) is 40.5 Å². The first-order chi connectivity index (χ1) is 8.72. The Kier molecular flexibility index (Phi) is 3.08. The Morgan fingerprint density at radius 3 is 2.94 bits per heavy atom. The van der Waals surface area contributed by atoms with Crippen LogP contribution in [0.1, 0.15) is 29.5 Å². The molecule has 3 nitrogen and oxygen atoms in total. The number of aliphatic hydroxyl groups is 1. The van der Waals surface area contributed by atoms with Crippen LogP contribution < -0.4 is 0 Å². The van der Waals surface area contributed by atoms with E-state index < -0.39 is 0 Å². The van der Waals surface area contributed by atoms with E-state index in [9.17, 15) is 9.90 Å². The van der Waals surface area contributed by atoms with Gasteiger partial charge in [-0.25, -0.2) is 0 Å². The predicted octanol–water partition coefficient (Wildman–Crippen LogP) is 1.31. The summed E-state index contributed by atoms with van der Waals surface area (Å²) in [4.78, 5) is 13.9. The molecule has 1 saturated heterocycles. The van der Waals surface area contributed by atoms with Gasteiger partial charge in [-0.15, -0.1) is 0 Å². The Morgan fingerprint density at radius 1 is 1.33 bits per heavy atom. The second-order valence-electron chi connectivity index (χ2n) is 5.42. The maximum atomic E-state index is 12.1. The molecule has 3 rings (SSSR count). The molecule has 1 heterocycles. The lowest BCUT2D eigenvalue weighted by molar-refractivity contribution is -0.129. The summed E-state index contributed by atoms with van der Waals surface area (Å²) in [7, 11) is 0. The third-order valence-corrected chi connectivity index (χ3v) is 4.03. The zero-order valence-electron chi connectivity index (χ0n) is 10.6. The van der Waals surface area contributed by atoms with Gasteiger partial charge in [0.05, 0.1) is 12.5 Å². The summed E-state index contributed by atoms with van der Waals surface area (Å²) in [5, 5.41) is 9.45. The standard InChI is InChI=1S/C15H19NO2/c17-14-6-7-16(10-14)15(18)9-11-4-5-12-2-1-3-13(12)8-11/h4-5,8,14,17H,1-3,6-7,9-10H2/t14-/m1/s1. The van der Waals surface area contributed by atoms with Crippen LogP contribution in [-0.4, -0.2) is 35.1 Å². The minimum absolute atomic E-state index is 0.143. The maximum Gasteiger partial charge on any atom is 0.227 e. The number of aliphatic hydroxyl groups excluding tert-OH is 1. The second kappa shape index (κ2) is 4.73. The van der Waals surface area contributed by atoms with Crippen LogP contribution in [-0.2, 0) is 24.1 Å². The molecule has 0 radical (unpaired) electrons. The number of hydrogen-bond donors (Lipinski definition) is 1. The molecule has 0 bridgehead atoms. The van der Waals surface area contributed by atoms with Gasteiger partial charge in [-0.1, -0.05) is 18.2 Å². The molecule has 1 aliphatic heterocycles. The van der Waals surface area contributed by atoms with Crippen molar-refractivity contribution in [1.29, 1.82) is 0 Å². The van der Waals surface area contributed by atoms with Crippen molar-refractivity contribution in [2.45, 2.75) is 38.2 Å². The Hall–Kier alpha value is -1.35. The summed E-state index contributed by atoms with van der Waals surface area (Å²) in [6.45, 7) is 1.20. The van der Waals surface area contributed by atoms with Gasteiger partial charge in [-0.05, 0) is 42.4 Å². The summed E-state index contributed by atoms with van der Waals surface area (Å²) in [5.74, 6) is 0.143. The van der Waals surface area contributed by atoms with Gasteiger partial charge < -0.3 is 10.0 Å². The highest BCUT2D eigenvalue weighted by Crippen LogP contribution is 2.23. The van der Waals surface area contributed by atoms with Crippen molar-refractivity contribution in [2.75, 3.05) is 13.1 Å². The molecule has 0 saturated carbocycles. The Morgan fingerprint density at radius 2 is 2.17 bits per heavy atom. The highest BCUT2D eigenvalue weighted by atomic mass is 16.3. The first kappa shape index (κ1) is 11.7. The number of benzene rings is 1. The molecular weight excluding hydrogens is 226 g/mol. The number of amides is 1. The van der Waals surface area contributed by atoms with Crippen LogP contribution >= 0.6 is 0 Å². The smallest absolute Gasteiger partial charge is 0.227 e. The number of hydrogen-bond acceptors (Lipinski definition) is 2. The minimum Gasteiger partial charge on any atom is -0.391 e. The molecule has 1 fully saturated rings. The number of rotatable bonds is 2. The zero-order valence-corrected chi connectivity index (χ0v) is 10.6. The summed E-state index contributed by atoms with van der Waals surface area (Å²) in [5.41, 5.74) is 3.98. The molecule has 1 amide bonds. The van der Waals surface area contributed by atoms with Crippen molar-refractivity contribution in [2.24, 2.45) is 0 Å². The van der Waals surface area contributed by atoms with Gasteiger partial charge in [-0.2, -0.15) is 0 Å². The lowest BCUT2D eigenvalue weighted by atomic mass is 10.0. The van der Waals surface area contributed by atoms with Crippen LogP contribution in [0.25, 0.3) is 0 Å². The van der Waals surface area contributed by atoms with E-state index in [1.54, 1.807) is 4.90 Å². The molecule has 0 unspecified atom stereocenters. The Balaban J connectivity index is 1.67. The van der Waals surface area contributed by atoms with E-state index in [1.807, 2.05) is 0 Å². The summed E-state index contributed by atoms with van der Waals surface area (Å²) < 4.78 is 0. The SMILES string of the molecule is O=C(Cc1ccc2c(c1)CCC2)N1CC[C@@H](O)C1. The molecule has 0 spiro atoms. The number of carbonyl (C=O) groups excluding carboxylic acids is 1. The minimum atomic E-state index is -0.325. The van der Waals surface area contributed by atoms with Gasteiger partial charge in [0.1, 0.15) is 0 Å². The molecule has 1 aliphatic carbocycles. The van der Waals surface area contributed by atoms with E-state index >= 15 is 0 Å². The lowest BCUT2D eigenvalue weighted by Crippen LogP contribution is -2.30. The molecule has 1 aromatic carbocycles. The first-order valence-corrected chi connectivity index (χ1v) is 6.79. The number of fused-ring (bicyclic) bond motifs is 1. The molecular formula is C15H19NO2. The van der Waals surface area contributed by atoms with Gasteiger partial charge in [0.2, 0.25) is 5.91 Å². The molecule has 1 aromatic rings. The number of likely N-dealkylation sites (tertiary alicyclic amines) is 1. The van der Waals surface area contributed by atoms with Crippen LogP contribution in [0.3, 0.4) is 0 Å². The fourth-order valence-corrected chi connectivity index (χ4v) is 2.99. The molecule has 1 N–H and O–H groups in total. The van der Waals surface area contributed by atoms with Gasteiger partial charge in [-0.3, -0.25) is 4.79 Å². The Labute approximate surface area is 107 Å². The van der Waals surface area contributed by atoms with E-state index in [-0.39, 0.29) is 12.0 Å². The van der Waals surface area contributed by atoms with Crippen molar-refractivity contribution in [3.05, 3.63) is 34.9 Å². The number of carbonyl (C=O) groups is 1. The quantitative estimate of drug-likeness (QED) is 0.853. The molecule has 2 aliphatic rings. The van der Waals surface area contributed by atoms with Gasteiger partial charge in [0.25, 0.3) is 0 Å². The fraction of sp³-hybridized carbons (Fsp3) is 0.533. The Bertz CT molecular complexity index is 470. The average molecular weight is 245 g/mol. The van der Waals surface area contributed by atoms with Crippen LogP contribution in [0, 0.1) is 0 Å². The number of β-amino-alcohol motifs (C(OH)–C–C–N with tert-alkyl or cyclic N) is 1. The highest BCUT2D eigenvalue weighted by molar-refractivity contribution is 5.79. The lowest BCUT2D eigenvalue weighted by Gasteiger charge is -2.15. The fourth-order valence-electron chi connectivity index (χ4n) is 2.99. The number of aryl methyl sites for hydroxylation is 2. The van der Waals surface area contributed by atoms with Crippen LogP contribution in [0.2, 0.25) is 0 Å². The molecule has 18 heavy (non-hydrogen) atoms. The molecule has 0 aromatic heterocycles. The molecule has 3 heteroatoms. The van der Waals surface area contributed by atoms with Gasteiger partial charge in [0.15, 0.2) is 0 Å². The van der Waals surface area contributed by atoms with Crippen molar-refractivity contribution in [1.82, 2.24) is 4.90 Å². The van der Waals surface area contributed by atoms with E-state index in [0.717, 1.165) is 18.4 Å². The largest absolute Gasteiger partial charge is 0.391 e. The highest BCUT2D eigenvalue weighted by Gasteiger charge is 2.24. The van der Waals surface area contributed by atoms with Crippen LogP contribution in [0.4, 0.5) is 0 Å². The normalized spacial score (nSPS) is 22.3. The molecule has 1 atom stereocenters. The van der Waals surface area contributed by atoms with E-state index in [2.05, 4.69) is 18.2 Å². The van der Waals surface area contributed by atoms with E-state index in [0.29, 0.717) is 19.5 Å². The van der Waals surface area contributed by atoms with E-state index in [4.69, 9.17) is 0 Å². The van der Waals surface area contributed by atoms with Crippen molar-refractivity contribution < 1.29 is 9.90 Å². The summed E-state index contributed by atoms with van der Waals surface area (Å²) >= 11 is 0. The van der Waals surface area contributed by atoms with Gasteiger partial charge >= 0.3 is 0 Å². The average Bonchev–Trinajstić information content (AvgIpc) is 2.96. The van der Waals surface area contributed by atoms with Crippen molar-refractivity contribution in [3.63, 3.8) is 0 Å². The summed E-state index contributed by atoms with van der Waals surface area (Å²) in [6.07, 6.45) is 4.44. The first-order valence-electron chi connectivity index (χ1n) is 6.79. The van der Waals surface area contributed by atoms with Crippen LogP contribution in [0.15, 0.2) is 18.2 Å². The zero-order chi connectivity index (χ0) is 12.5. The number of nitrogens with zero attached hydrogens (tertiary/aromatic N) is 1. The summed E-state index contributed by atoms with van der Waals surface area (Å²) in [6, 6.07) is 6.44. The van der Waals surface area contributed by atoms with E-state index in [1.165, 1.54) is 24.0 Å². The maximum absolute atomic E-state index is 12.1. The molecule has 96 valence electrons. The second-order valence-corrected chi connectivity index (χ2v) is 5.42. The third kappa shape index (κ3) is 2.27. The predicted molar refractivity (Wildman–Crippen MR) is 69.4 cm³/mol. The van der Waals surface area contributed by atoms with Crippen molar-refractivity contribution in [3.8, 4) is 0 Å². The van der Waals surface area contributed by atoms with Gasteiger partial charge in [0, 0.05) is 13.1 Å². The monoisotopic (exact) mass is 245 g/mol. The third-order valence-electron chi connectivity index (χ3n) is 4.03. The van der Waals surface area contributed by atoms with Crippen molar-refractivity contribution >= 4 is 5.91 Å².